The molecule has 8 nitrogen and oxygen atoms in total. The fourth-order valence-electron chi connectivity index (χ4n) is 4.55. The van der Waals surface area contributed by atoms with E-state index in [1.807, 2.05) is 6.07 Å². The molecule has 1 saturated heterocycles. The van der Waals surface area contributed by atoms with Gasteiger partial charge in [0.15, 0.2) is 6.61 Å². The van der Waals surface area contributed by atoms with Crippen LogP contribution in [0.25, 0.3) is 0 Å². The Labute approximate surface area is 184 Å². The Morgan fingerprint density at radius 2 is 1.77 bits per heavy atom. The molecule has 1 aromatic rings. The Bertz CT molecular complexity index is 852. The van der Waals surface area contributed by atoms with Crippen LogP contribution in [-0.2, 0) is 29.1 Å². The van der Waals surface area contributed by atoms with E-state index in [1.165, 1.54) is 12.5 Å². The van der Waals surface area contributed by atoms with Crippen LogP contribution in [0.2, 0.25) is 0 Å². The minimum absolute atomic E-state index is 0.0878. The zero-order valence-corrected chi connectivity index (χ0v) is 19.0. The predicted octanol–water partition coefficient (Wildman–Crippen LogP) is 1.81. The zero-order chi connectivity index (χ0) is 22.4. The summed E-state index contributed by atoms with van der Waals surface area (Å²) in [6.07, 6.45) is 5.63. The maximum atomic E-state index is 12.5. The number of rotatable bonds is 8. The summed E-state index contributed by atoms with van der Waals surface area (Å²) in [4.78, 5) is 25.2. The number of nitrogens with zero attached hydrogens (tertiary/aromatic N) is 1. The molecule has 31 heavy (non-hydrogen) atoms. The number of amides is 1. The van der Waals surface area contributed by atoms with Gasteiger partial charge in [0.05, 0.1) is 25.0 Å². The molecule has 1 saturated carbocycles. The number of nitrogens with one attached hydrogen (secondary N) is 1. The summed E-state index contributed by atoms with van der Waals surface area (Å²) in [6, 6.07) is 9.64. The van der Waals surface area contributed by atoms with Gasteiger partial charge in [-0.05, 0) is 43.6 Å². The largest absolute Gasteiger partial charge is 0.456 e. The van der Waals surface area contributed by atoms with E-state index < -0.39 is 28.1 Å². The van der Waals surface area contributed by atoms with E-state index in [1.54, 1.807) is 4.90 Å². The predicted molar refractivity (Wildman–Crippen MR) is 116 cm³/mol. The van der Waals surface area contributed by atoms with Crippen molar-refractivity contribution in [2.75, 3.05) is 26.0 Å². The van der Waals surface area contributed by atoms with Crippen LogP contribution in [0.5, 0.6) is 0 Å². The third-order valence-electron chi connectivity index (χ3n) is 6.08. The van der Waals surface area contributed by atoms with E-state index in [0.29, 0.717) is 18.9 Å². The molecule has 9 heteroatoms. The van der Waals surface area contributed by atoms with Crippen molar-refractivity contribution in [2.24, 2.45) is 0 Å². The number of esters is 1. The first-order valence-electron chi connectivity index (χ1n) is 10.8. The Morgan fingerprint density at radius 1 is 1.10 bits per heavy atom. The SMILES string of the molecule is CC(=O)OCC(=O)N1CC[C@H](NS(C)(=O)=O)[C@@H]1CO[C@H]1CC[C@@H](c2ccccc2)CC1. The van der Waals surface area contributed by atoms with Gasteiger partial charge in [-0.25, -0.2) is 13.1 Å². The van der Waals surface area contributed by atoms with Gasteiger partial charge in [0, 0.05) is 19.5 Å². The third-order valence-corrected chi connectivity index (χ3v) is 6.81. The number of hydrogen-bond donors (Lipinski definition) is 1. The van der Waals surface area contributed by atoms with Crippen LogP contribution in [0.1, 0.15) is 50.5 Å². The van der Waals surface area contributed by atoms with Crippen molar-refractivity contribution in [2.45, 2.75) is 63.1 Å². The summed E-state index contributed by atoms with van der Waals surface area (Å²) >= 11 is 0. The van der Waals surface area contributed by atoms with Gasteiger partial charge in [-0.3, -0.25) is 9.59 Å². The molecule has 0 bridgehead atoms. The van der Waals surface area contributed by atoms with E-state index in [4.69, 9.17) is 9.47 Å². The Hall–Kier alpha value is -1.97. The number of benzene rings is 1. The highest BCUT2D eigenvalue weighted by Crippen LogP contribution is 2.34. The number of carbonyl (C=O) groups excluding carboxylic acids is 2. The average Bonchev–Trinajstić information content (AvgIpc) is 3.12. The van der Waals surface area contributed by atoms with Crippen LogP contribution >= 0.6 is 0 Å². The van der Waals surface area contributed by atoms with E-state index in [9.17, 15) is 18.0 Å². The van der Waals surface area contributed by atoms with Crippen molar-refractivity contribution in [1.29, 1.82) is 0 Å². The van der Waals surface area contributed by atoms with Crippen molar-refractivity contribution in [3.63, 3.8) is 0 Å². The first kappa shape index (κ1) is 23.7. The van der Waals surface area contributed by atoms with Crippen LogP contribution in [0.3, 0.4) is 0 Å². The molecule has 0 radical (unpaired) electrons. The van der Waals surface area contributed by atoms with Gasteiger partial charge >= 0.3 is 5.97 Å². The summed E-state index contributed by atoms with van der Waals surface area (Å²) in [5.74, 6) is -0.329. The second-order valence-corrected chi connectivity index (χ2v) is 10.2. The van der Waals surface area contributed by atoms with Crippen LogP contribution in [0.4, 0.5) is 0 Å². The topological polar surface area (TPSA) is 102 Å². The molecule has 0 unspecified atom stereocenters. The fourth-order valence-corrected chi connectivity index (χ4v) is 5.38. The lowest BCUT2D eigenvalue weighted by molar-refractivity contribution is -0.151. The maximum Gasteiger partial charge on any atom is 0.303 e. The molecule has 172 valence electrons. The lowest BCUT2D eigenvalue weighted by atomic mass is 9.83. The molecular formula is C22H32N2O6S. The molecule has 2 atom stereocenters. The summed E-state index contributed by atoms with van der Waals surface area (Å²) in [5.41, 5.74) is 1.36. The highest BCUT2D eigenvalue weighted by Gasteiger charge is 2.39. The fraction of sp³-hybridized carbons (Fsp3) is 0.636. The first-order chi connectivity index (χ1) is 14.7. The lowest BCUT2D eigenvalue weighted by Crippen LogP contribution is -2.50. The summed E-state index contributed by atoms with van der Waals surface area (Å²) < 4.78 is 37.2. The highest BCUT2D eigenvalue weighted by molar-refractivity contribution is 7.88. The van der Waals surface area contributed by atoms with Gasteiger partial charge in [-0.15, -0.1) is 0 Å². The highest BCUT2D eigenvalue weighted by atomic mass is 32.2. The molecule has 0 aromatic heterocycles. The third kappa shape index (κ3) is 7.02. The number of likely N-dealkylation sites (tertiary alicyclic amines) is 1. The molecule has 0 spiro atoms. The number of carbonyl (C=O) groups is 2. The van der Waals surface area contributed by atoms with Crippen LogP contribution in [0, 0.1) is 0 Å². The number of ether oxygens (including phenoxy) is 2. The molecular weight excluding hydrogens is 420 g/mol. The molecule has 1 amide bonds. The molecule has 1 aliphatic heterocycles. The van der Waals surface area contributed by atoms with Crippen molar-refractivity contribution in [3.8, 4) is 0 Å². The summed E-state index contributed by atoms with van der Waals surface area (Å²) in [6.45, 7) is 1.54. The van der Waals surface area contributed by atoms with Crippen LogP contribution in [0.15, 0.2) is 30.3 Å². The molecule has 2 aliphatic rings. The standard InChI is InChI=1S/C22H32N2O6S/c1-16(25)29-15-22(26)24-13-12-20(23-31(2,27)28)21(24)14-30-19-10-8-18(9-11-19)17-6-4-3-5-7-17/h3-7,18-21,23H,8-15H2,1-2H3/t18-,19+,20-,21-/m0/s1. The normalized spacial score (nSPS) is 26.6. The van der Waals surface area contributed by atoms with Crippen molar-refractivity contribution in [1.82, 2.24) is 9.62 Å². The van der Waals surface area contributed by atoms with Gasteiger partial charge in [-0.2, -0.15) is 0 Å². The monoisotopic (exact) mass is 452 g/mol. The van der Waals surface area contributed by atoms with E-state index >= 15 is 0 Å². The smallest absolute Gasteiger partial charge is 0.303 e. The number of sulfonamides is 1. The van der Waals surface area contributed by atoms with Gasteiger partial charge in [0.25, 0.3) is 5.91 Å². The van der Waals surface area contributed by atoms with E-state index in [-0.39, 0.29) is 25.2 Å². The number of hydrogen-bond acceptors (Lipinski definition) is 6. The Kier molecular flexibility index (Phi) is 8.07. The molecule has 3 rings (SSSR count). The minimum Gasteiger partial charge on any atom is -0.456 e. The quantitative estimate of drug-likeness (QED) is 0.604. The second kappa shape index (κ2) is 10.6. The Morgan fingerprint density at radius 3 is 2.39 bits per heavy atom. The molecule has 2 fully saturated rings. The molecule has 1 heterocycles. The zero-order valence-electron chi connectivity index (χ0n) is 18.2. The van der Waals surface area contributed by atoms with Gasteiger partial charge < -0.3 is 14.4 Å². The van der Waals surface area contributed by atoms with Crippen molar-refractivity contribution < 1.29 is 27.5 Å². The molecule has 1 aliphatic carbocycles. The average molecular weight is 453 g/mol. The van der Waals surface area contributed by atoms with E-state index in [2.05, 4.69) is 29.0 Å². The first-order valence-corrected chi connectivity index (χ1v) is 12.7. The summed E-state index contributed by atoms with van der Waals surface area (Å²) in [7, 11) is -3.43. The summed E-state index contributed by atoms with van der Waals surface area (Å²) in [5, 5.41) is 0. The van der Waals surface area contributed by atoms with Gasteiger partial charge in [0.1, 0.15) is 0 Å². The van der Waals surface area contributed by atoms with Crippen LogP contribution in [-0.4, -0.2) is 69.4 Å². The lowest BCUT2D eigenvalue weighted by Gasteiger charge is -2.32. The second-order valence-electron chi connectivity index (χ2n) is 8.44. The van der Waals surface area contributed by atoms with E-state index in [0.717, 1.165) is 31.9 Å². The maximum absolute atomic E-state index is 12.5. The van der Waals surface area contributed by atoms with Crippen molar-refractivity contribution >= 4 is 21.9 Å². The van der Waals surface area contributed by atoms with Gasteiger partial charge in [-0.1, -0.05) is 30.3 Å². The van der Waals surface area contributed by atoms with Crippen LogP contribution < -0.4 is 4.72 Å². The van der Waals surface area contributed by atoms with Gasteiger partial charge in [0.2, 0.25) is 10.0 Å². The minimum atomic E-state index is -3.43. The Balaban J connectivity index is 1.57. The molecule has 1 aromatic carbocycles. The van der Waals surface area contributed by atoms with Crippen molar-refractivity contribution in [3.05, 3.63) is 35.9 Å². The molecule has 1 N–H and O–H groups in total.